The highest BCUT2D eigenvalue weighted by Crippen LogP contribution is 2.04. The third kappa shape index (κ3) is 3.52. The summed E-state index contributed by atoms with van der Waals surface area (Å²) in [6, 6.07) is 0. The van der Waals surface area contributed by atoms with E-state index in [9.17, 15) is 0 Å². The number of hydrogen-bond donors (Lipinski definition) is 1. The molecule has 1 N–H and O–H groups in total. The van der Waals surface area contributed by atoms with Crippen LogP contribution in [-0.4, -0.2) is 47.6 Å². The quantitative estimate of drug-likeness (QED) is 0.878. The Bertz CT molecular complexity index is 295. The molecule has 0 saturated carbocycles. The number of nitrogens with one attached hydrogen (secondary N) is 1. The van der Waals surface area contributed by atoms with Crippen molar-refractivity contribution in [2.24, 2.45) is 0 Å². The Morgan fingerprint density at radius 2 is 2.07 bits per heavy atom. The molecule has 0 spiro atoms. The van der Waals surface area contributed by atoms with Gasteiger partial charge in [-0.3, -0.25) is 4.98 Å². The highest BCUT2D eigenvalue weighted by atomic mass is 79.9. The Hall–Kier alpha value is -0.520. The zero-order valence-electron chi connectivity index (χ0n) is 8.62. The van der Waals surface area contributed by atoms with Gasteiger partial charge in [-0.15, -0.1) is 0 Å². The van der Waals surface area contributed by atoms with Gasteiger partial charge in [-0.05, 0) is 15.9 Å². The van der Waals surface area contributed by atoms with Crippen molar-refractivity contribution >= 4 is 15.9 Å². The molecule has 2 heterocycles. The van der Waals surface area contributed by atoms with Crippen molar-refractivity contribution in [1.82, 2.24) is 20.2 Å². The van der Waals surface area contributed by atoms with E-state index in [1.54, 1.807) is 6.20 Å². The largest absolute Gasteiger partial charge is 0.314 e. The fourth-order valence-corrected chi connectivity index (χ4v) is 1.88. The molecule has 0 aliphatic carbocycles. The fourth-order valence-electron chi connectivity index (χ4n) is 1.68. The van der Waals surface area contributed by atoms with Crippen LogP contribution >= 0.6 is 15.9 Å². The van der Waals surface area contributed by atoms with Crippen molar-refractivity contribution < 1.29 is 0 Å². The standard InChI is InChI=1S/C10H15BrN4/c11-10-8-13-9(7-14-10)1-4-15-5-2-12-3-6-15/h7-8,12H,1-6H2. The Morgan fingerprint density at radius 3 is 2.73 bits per heavy atom. The number of halogens is 1. The van der Waals surface area contributed by atoms with Gasteiger partial charge in [-0.1, -0.05) is 0 Å². The summed E-state index contributed by atoms with van der Waals surface area (Å²) >= 11 is 3.28. The van der Waals surface area contributed by atoms with Crippen molar-refractivity contribution in [2.45, 2.75) is 6.42 Å². The van der Waals surface area contributed by atoms with Gasteiger partial charge >= 0.3 is 0 Å². The van der Waals surface area contributed by atoms with Crippen LogP contribution in [0.5, 0.6) is 0 Å². The molecule has 4 nitrogen and oxygen atoms in total. The maximum absolute atomic E-state index is 4.31. The van der Waals surface area contributed by atoms with Crippen LogP contribution in [0, 0.1) is 0 Å². The molecule has 0 aromatic carbocycles. The van der Waals surface area contributed by atoms with Gasteiger partial charge in [0.2, 0.25) is 0 Å². The van der Waals surface area contributed by atoms with Crippen LogP contribution in [0.1, 0.15) is 5.69 Å². The van der Waals surface area contributed by atoms with Crippen LogP contribution in [-0.2, 0) is 6.42 Å². The normalized spacial score (nSPS) is 17.9. The van der Waals surface area contributed by atoms with Crippen LogP contribution in [0.25, 0.3) is 0 Å². The second-order valence-corrected chi connectivity index (χ2v) is 4.48. The first-order chi connectivity index (χ1) is 7.34. The molecule has 2 rings (SSSR count). The monoisotopic (exact) mass is 270 g/mol. The summed E-state index contributed by atoms with van der Waals surface area (Å²) in [5.41, 5.74) is 1.07. The van der Waals surface area contributed by atoms with Crippen LogP contribution in [0.15, 0.2) is 17.0 Å². The van der Waals surface area contributed by atoms with Gasteiger partial charge < -0.3 is 10.2 Å². The Kier molecular flexibility index (Phi) is 4.05. The smallest absolute Gasteiger partial charge is 0.124 e. The summed E-state index contributed by atoms with van der Waals surface area (Å²) < 4.78 is 0.799. The lowest BCUT2D eigenvalue weighted by atomic mass is 10.2. The summed E-state index contributed by atoms with van der Waals surface area (Å²) in [5.74, 6) is 0. The van der Waals surface area contributed by atoms with Gasteiger partial charge in [-0.25, -0.2) is 4.98 Å². The molecule has 0 atom stereocenters. The van der Waals surface area contributed by atoms with Gasteiger partial charge in [0.15, 0.2) is 0 Å². The molecule has 1 fully saturated rings. The fraction of sp³-hybridized carbons (Fsp3) is 0.600. The van der Waals surface area contributed by atoms with Crippen molar-refractivity contribution in [3.63, 3.8) is 0 Å². The number of hydrogen-bond acceptors (Lipinski definition) is 4. The molecule has 0 bridgehead atoms. The highest BCUT2D eigenvalue weighted by Gasteiger charge is 2.09. The van der Waals surface area contributed by atoms with E-state index in [4.69, 9.17) is 0 Å². The van der Waals surface area contributed by atoms with E-state index in [2.05, 4.69) is 36.1 Å². The molecule has 1 saturated heterocycles. The van der Waals surface area contributed by atoms with Crippen molar-refractivity contribution in [1.29, 1.82) is 0 Å². The first-order valence-corrected chi connectivity index (χ1v) is 6.03. The molecule has 0 unspecified atom stereocenters. The molecule has 0 radical (unpaired) electrons. The van der Waals surface area contributed by atoms with Crippen LogP contribution in [0.4, 0.5) is 0 Å². The van der Waals surface area contributed by atoms with E-state index in [0.29, 0.717) is 0 Å². The zero-order valence-corrected chi connectivity index (χ0v) is 10.2. The average Bonchev–Trinajstić information content (AvgIpc) is 2.30. The molecule has 15 heavy (non-hydrogen) atoms. The predicted molar refractivity (Wildman–Crippen MR) is 62.7 cm³/mol. The average molecular weight is 271 g/mol. The van der Waals surface area contributed by atoms with Crippen LogP contribution < -0.4 is 5.32 Å². The molecular weight excluding hydrogens is 256 g/mol. The molecule has 0 amide bonds. The SMILES string of the molecule is Brc1cnc(CCN2CCNCC2)cn1. The molecular formula is C10H15BrN4. The molecule has 1 aromatic heterocycles. The second-order valence-electron chi connectivity index (χ2n) is 3.67. The molecule has 82 valence electrons. The van der Waals surface area contributed by atoms with E-state index in [-0.39, 0.29) is 0 Å². The summed E-state index contributed by atoms with van der Waals surface area (Å²) in [5, 5.41) is 3.34. The van der Waals surface area contributed by atoms with Gasteiger partial charge in [0.1, 0.15) is 4.60 Å². The Labute approximate surface area is 98.2 Å². The van der Waals surface area contributed by atoms with Gasteiger partial charge in [-0.2, -0.15) is 0 Å². The van der Waals surface area contributed by atoms with Gasteiger partial charge in [0, 0.05) is 45.3 Å². The van der Waals surface area contributed by atoms with Crippen molar-refractivity contribution in [2.75, 3.05) is 32.7 Å². The third-order valence-corrected chi connectivity index (χ3v) is 2.98. The first-order valence-electron chi connectivity index (χ1n) is 5.24. The second kappa shape index (κ2) is 5.53. The molecule has 5 heteroatoms. The predicted octanol–water partition coefficient (Wildman–Crippen LogP) is 0.687. The number of aromatic nitrogens is 2. The summed E-state index contributed by atoms with van der Waals surface area (Å²) in [6.45, 7) is 5.57. The van der Waals surface area contributed by atoms with Crippen molar-refractivity contribution in [3.8, 4) is 0 Å². The van der Waals surface area contributed by atoms with E-state index in [1.165, 1.54) is 0 Å². The third-order valence-electron chi connectivity index (χ3n) is 2.57. The molecule has 1 aliphatic rings. The number of rotatable bonds is 3. The Balaban J connectivity index is 1.79. The maximum Gasteiger partial charge on any atom is 0.124 e. The minimum Gasteiger partial charge on any atom is -0.314 e. The molecule has 1 aliphatic heterocycles. The summed E-state index contributed by atoms with van der Waals surface area (Å²) in [4.78, 5) is 10.9. The van der Waals surface area contributed by atoms with E-state index in [1.807, 2.05) is 6.20 Å². The Morgan fingerprint density at radius 1 is 1.27 bits per heavy atom. The lowest BCUT2D eigenvalue weighted by molar-refractivity contribution is 0.243. The topological polar surface area (TPSA) is 41.1 Å². The van der Waals surface area contributed by atoms with E-state index >= 15 is 0 Å². The summed E-state index contributed by atoms with van der Waals surface area (Å²) in [6.07, 6.45) is 4.58. The van der Waals surface area contributed by atoms with Gasteiger partial charge in [0.05, 0.1) is 11.9 Å². The minimum atomic E-state index is 0.799. The summed E-state index contributed by atoms with van der Waals surface area (Å²) in [7, 11) is 0. The van der Waals surface area contributed by atoms with Crippen LogP contribution in [0.3, 0.4) is 0 Å². The maximum atomic E-state index is 4.31. The first kappa shape index (κ1) is 11.0. The lowest BCUT2D eigenvalue weighted by Crippen LogP contribution is -2.44. The minimum absolute atomic E-state index is 0.799. The lowest BCUT2D eigenvalue weighted by Gasteiger charge is -2.26. The number of nitrogens with zero attached hydrogens (tertiary/aromatic N) is 3. The van der Waals surface area contributed by atoms with Gasteiger partial charge in [0.25, 0.3) is 0 Å². The van der Waals surface area contributed by atoms with E-state index in [0.717, 1.165) is 49.4 Å². The zero-order chi connectivity index (χ0) is 10.5. The van der Waals surface area contributed by atoms with E-state index < -0.39 is 0 Å². The van der Waals surface area contributed by atoms with Crippen LogP contribution in [0.2, 0.25) is 0 Å². The highest BCUT2D eigenvalue weighted by molar-refractivity contribution is 9.10. The number of piperazine rings is 1. The van der Waals surface area contributed by atoms with Crippen molar-refractivity contribution in [3.05, 3.63) is 22.7 Å². The molecule has 1 aromatic rings.